The summed E-state index contributed by atoms with van der Waals surface area (Å²) in [5, 5.41) is 0.613. The van der Waals surface area contributed by atoms with Crippen LogP contribution < -0.4 is 9.80 Å². The van der Waals surface area contributed by atoms with Gasteiger partial charge in [-0.3, -0.25) is 9.59 Å². The Morgan fingerprint density at radius 2 is 1.91 bits per heavy atom. The first kappa shape index (κ1) is 21.5. The molecular formula is C26H29FN4O2. The molecule has 0 radical (unpaired) electrons. The van der Waals surface area contributed by atoms with E-state index in [0.29, 0.717) is 42.8 Å². The summed E-state index contributed by atoms with van der Waals surface area (Å²) < 4.78 is 16.0. The Hall–Kier alpha value is -3.35. The third-order valence-corrected chi connectivity index (χ3v) is 6.93. The van der Waals surface area contributed by atoms with Crippen LogP contribution in [0.1, 0.15) is 35.8 Å². The number of piperazine rings is 1. The maximum Gasteiger partial charge on any atom is 0.272 e. The number of halogens is 1. The van der Waals surface area contributed by atoms with Crippen molar-refractivity contribution >= 4 is 34.1 Å². The summed E-state index contributed by atoms with van der Waals surface area (Å²) in [7, 11) is 1.82. The zero-order chi connectivity index (χ0) is 23.3. The van der Waals surface area contributed by atoms with Crippen LogP contribution in [0, 0.1) is 12.7 Å². The Kier molecular flexibility index (Phi) is 5.35. The fourth-order valence-electron chi connectivity index (χ4n) is 5.28. The molecular weight excluding hydrogens is 419 g/mol. The summed E-state index contributed by atoms with van der Waals surface area (Å²) in [4.78, 5) is 32.4. The lowest BCUT2D eigenvalue weighted by atomic mass is 10.1. The smallest absolute Gasteiger partial charge is 0.272 e. The molecule has 2 aliphatic heterocycles. The van der Waals surface area contributed by atoms with Crippen LogP contribution in [0.25, 0.3) is 10.9 Å². The van der Waals surface area contributed by atoms with E-state index in [1.165, 1.54) is 17.7 Å². The van der Waals surface area contributed by atoms with E-state index in [4.69, 9.17) is 0 Å². The zero-order valence-electron chi connectivity index (χ0n) is 19.3. The summed E-state index contributed by atoms with van der Waals surface area (Å²) in [5.41, 5.74) is 4.13. The van der Waals surface area contributed by atoms with Crippen LogP contribution in [0.2, 0.25) is 0 Å². The van der Waals surface area contributed by atoms with E-state index >= 15 is 0 Å². The minimum Gasteiger partial charge on any atom is -0.365 e. The molecule has 2 aromatic carbocycles. The third kappa shape index (κ3) is 3.65. The van der Waals surface area contributed by atoms with Gasteiger partial charge in [-0.25, -0.2) is 4.39 Å². The van der Waals surface area contributed by atoms with Gasteiger partial charge >= 0.3 is 0 Å². The highest BCUT2D eigenvalue weighted by molar-refractivity contribution is 6.14. The van der Waals surface area contributed by atoms with Crippen LogP contribution >= 0.6 is 0 Å². The minimum atomic E-state index is -0.375. The fourth-order valence-corrected chi connectivity index (χ4v) is 5.28. The monoisotopic (exact) mass is 448 g/mol. The Morgan fingerprint density at radius 3 is 2.61 bits per heavy atom. The van der Waals surface area contributed by atoms with Crippen LogP contribution in [0.4, 0.5) is 15.8 Å². The number of rotatable bonds is 3. The molecule has 2 saturated heterocycles. The van der Waals surface area contributed by atoms with Crippen molar-refractivity contribution in [2.75, 3.05) is 36.0 Å². The number of hydrogen-bond acceptors (Lipinski definition) is 3. The highest BCUT2D eigenvalue weighted by Gasteiger charge is 2.35. The van der Waals surface area contributed by atoms with Crippen molar-refractivity contribution in [2.24, 2.45) is 7.05 Å². The summed E-state index contributed by atoms with van der Waals surface area (Å²) in [6.45, 7) is 6.65. The zero-order valence-corrected chi connectivity index (χ0v) is 19.3. The van der Waals surface area contributed by atoms with Crippen molar-refractivity contribution in [3.05, 3.63) is 59.5 Å². The molecule has 0 spiro atoms. The molecule has 2 amide bonds. The summed E-state index contributed by atoms with van der Waals surface area (Å²) >= 11 is 0. The van der Waals surface area contributed by atoms with Crippen LogP contribution in [-0.4, -0.2) is 53.5 Å². The lowest BCUT2D eigenvalue weighted by molar-refractivity contribution is -0.117. The van der Waals surface area contributed by atoms with Crippen molar-refractivity contribution in [1.29, 1.82) is 0 Å². The molecule has 1 atom stereocenters. The average Bonchev–Trinajstić information content (AvgIpc) is 3.33. The molecule has 0 aliphatic carbocycles. The normalized spacial score (nSPS) is 19.1. The largest absolute Gasteiger partial charge is 0.365 e. The van der Waals surface area contributed by atoms with E-state index < -0.39 is 0 Å². The van der Waals surface area contributed by atoms with Crippen LogP contribution in [0.15, 0.2) is 42.5 Å². The molecule has 2 fully saturated rings. The fraction of sp³-hybridized carbons (Fsp3) is 0.385. The molecule has 1 aromatic heterocycles. The number of amides is 2. The summed E-state index contributed by atoms with van der Waals surface area (Å²) in [6.07, 6.45) is 1.19. The van der Waals surface area contributed by atoms with E-state index in [1.807, 2.05) is 16.5 Å². The van der Waals surface area contributed by atoms with Gasteiger partial charge in [0.25, 0.3) is 5.91 Å². The number of anilines is 2. The molecule has 172 valence electrons. The first-order valence-corrected chi connectivity index (χ1v) is 11.6. The number of fused-ring (bicyclic) bond motifs is 1. The maximum atomic E-state index is 14.2. The van der Waals surface area contributed by atoms with Gasteiger partial charge in [-0.15, -0.1) is 0 Å². The second kappa shape index (κ2) is 8.21. The van der Waals surface area contributed by atoms with Gasteiger partial charge in [0, 0.05) is 56.8 Å². The van der Waals surface area contributed by atoms with Gasteiger partial charge in [0.05, 0.1) is 11.2 Å². The van der Waals surface area contributed by atoms with E-state index in [9.17, 15) is 14.0 Å². The number of carbonyl (C=O) groups is 2. The minimum absolute atomic E-state index is 0.0153. The predicted molar refractivity (Wildman–Crippen MR) is 128 cm³/mol. The number of aromatic nitrogens is 1. The molecule has 0 unspecified atom stereocenters. The van der Waals surface area contributed by atoms with Gasteiger partial charge < -0.3 is 19.3 Å². The van der Waals surface area contributed by atoms with E-state index in [-0.39, 0.29) is 23.7 Å². The van der Waals surface area contributed by atoms with E-state index in [1.54, 1.807) is 11.0 Å². The number of benzene rings is 2. The first-order chi connectivity index (χ1) is 15.8. The van der Waals surface area contributed by atoms with Crippen molar-refractivity contribution in [2.45, 2.75) is 32.7 Å². The highest BCUT2D eigenvalue weighted by Crippen LogP contribution is 2.37. The van der Waals surface area contributed by atoms with Gasteiger partial charge in [-0.1, -0.05) is 12.1 Å². The molecule has 0 N–H and O–H groups in total. The molecule has 0 saturated carbocycles. The molecule has 2 aliphatic rings. The average molecular weight is 449 g/mol. The van der Waals surface area contributed by atoms with Crippen LogP contribution in [0.5, 0.6) is 0 Å². The number of hydrogen-bond donors (Lipinski definition) is 0. The van der Waals surface area contributed by atoms with Gasteiger partial charge in [-0.2, -0.15) is 0 Å². The second-order valence-electron chi connectivity index (χ2n) is 9.20. The van der Waals surface area contributed by atoms with Gasteiger partial charge in [0.2, 0.25) is 5.91 Å². The molecule has 33 heavy (non-hydrogen) atoms. The lowest BCUT2D eigenvalue weighted by Gasteiger charge is -2.41. The standard InChI is InChI=1S/C26H29FN4O2/c1-17-6-4-7-20(14-17)30-13-12-29(16-18(30)2)26(33)25-24(31-11-5-8-23(31)32)21-15-19(27)9-10-22(21)28(25)3/h4,6-7,9-10,14-15,18H,5,8,11-13,16H2,1-3H3/t18-/m0/s1. The number of aryl methyl sites for hydroxylation is 2. The molecule has 0 bridgehead atoms. The van der Waals surface area contributed by atoms with Gasteiger partial charge in [0.1, 0.15) is 11.5 Å². The Bertz CT molecular complexity index is 1250. The van der Waals surface area contributed by atoms with E-state index in [2.05, 4.69) is 43.0 Å². The Labute approximate surface area is 193 Å². The first-order valence-electron chi connectivity index (χ1n) is 11.6. The van der Waals surface area contributed by atoms with Crippen molar-refractivity contribution in [3.63, 3.8) is 0 Å². The lowest BCUT2D eigenvalue weighted by Crippen LogP contribution is -2.54. The summed E-state index contributed by atoms with van der Waals surface area (Å²) in [5.74, 6) is -0.501. The maximum absolute atomic E-state index is 14.2. The molecule has 3 aromatic rings. The Balaban J connectivity index is 1.50. The second-order valence-corrected chi connectivity index (χ2v) is 9.20. The highest BCUT2D eigenvalue weighted by atomic mass is 19.1. The Morgan fingerprint density at radius 1 is 1.09 bits per heavy atom. The SMILES string of the molecule is Cc1cccc(N2CCN(C(=O)c3c(N4CCCC4=O)c4cc(F)ccc4n3C)C[C@@H]2C)c1. The van der Waals surface area contributed by atoms with Crippen LogP contribution in [-0.2, 0) is 11.8 Å². The number of nitrogens with zero attached hydrogens (tertiary/aromatic N) is 4. The van der Waals surface area contributed by atoms with Gasteiger partial charge in [0.15, 0.2) is 0 Å². The topological polar surface area (TPSA) is 48.8 Å². The van der Waals surface area contributed by atoms with E-state index in [0.717, 1.165) is 24.2 Å². The molecule has 6 nitrogen and oxygen atoms in total. The van der Waals surface area contributed by atoms with Crippen LogP contribution in [0.3, 0.4) is 0 Å². The van der Waals surface area contributed by atoms with Crippen molar-refractivity contribution in [3.8, 4) is 0 Å². The quantitative estimate of drug-likeness (QED) is 0.606. The molecule has 7 heteroatoms. The van der Waals surface area contributed by atoms with Crippen molar-refractivity contribution in [1.82, 2.24) is 9.47 Å². The third-order valence-electron chi connectivity index (χ3n) is 6.93. The number of carbonyl (C=O) groups excluding carboxylic acids is 2. The predicted octanol–water partition coefficient (Wildman–Crippen LogP) is 4.10. The summed E-state index contributed by atoms with van der Waals surface area (Å²) in [6, 6.07) is 13.1. The van der Waals surface area contributed by atoms with Gasteiger partial charge in [-0.05, 0) is 56.2 Å². The molecule has 5 rings (SSSR count). The van der Waals surface area contributed by atoms with Crippen molar-refractivity contribution < 1.29 is 14.0 Å². The molecule has 3 heterocycles.